The fourth-order valence-electron chi connectivity index (χ4n) is 2.23. The van der Waals surface area contributed by atoms with Gasteiger partial charge in [0, 0.05) is 51.5 Å². The van der Waals surface area contributed by atoms with Gasteiger partial charge in [0.15, 0.2) is 5.96 Å². The highest BCUT2D eigenvalue weighted by Crippen LogP contribution is 2.16. The number of hydrogen-bond acceptors (Lipinski definition) is 6. The van der Waals surface area contributed by atoms with Crippen molar-refractivity contribution in [3.63, 3.8) is 0 Å². The van der Waals surface area contributed by atoms with Crippen LogP contribution in [0.5, 0.6) is 0 Å². The summed E-state index contributed by atoms with van der Waals surface area (Å²) >= 11 is 0. The van der Waals surface area contributed by atoms with Gasteiger partial charge in [-0.05, 0) is 25.3 Å². The van der Waals surface area contributed by atoms with Gasteiger partial charge in [-0.1, -0.05) is 19.9 Å². The number of aliphatic imine (C=N–C) groups is 1. The topological polar surface area (TPSA) is 135 Å². The Morgan fingerprint density at radius 2 is 2.00 bits per heavy atom. The van der Waals surface area contributed by atoms with Crippen LogP contribution in [0.15, 0.2) is 34.2 Å². The third kappa shape index (κ3) is 11.6. The van der Waals surface area contributed by atoms with Crippen molar-refractivity contribution < 1.29 is 18.1 Å². The first-order chi connectivity index (χ1) is 13.8. The summed E-state index contributed by atoms with van der Waals surface area (Å²) in [5.41, 5.74) is -0.273. The average Bonchev–Trinajstić information content (AvgIpc) is 2.67. The van der Waals surface area contributed by atoms with Gasteiger partial charge in [0.05, 0.1) is 9.82 Å². The average molecular weight is 557 g/mol. The SMILES string of the molecule is CCNC(=NCCCOCC(C)C)NCCNS(=O)(=O)c1cccc([N+](=O)[O-])c1.I. The molecule has 1 aromatic carbocycles. The summed E-state index contributed by atoms with van der Waals surface area (Å²) in [6.07, 6.45) is 0.794. The van der Waals surface area contributed by atoms with Crippen molar-refractivity contribution in [2.24, 2.45) is 10.9 Å². The normalized spacial score (nSPS) is 11.8. The molecule has 0 amide bonds. The Balaban J connectivity index is 0.00000841. The van der Waals surface area contributed by atoms with Gasteiger partial charge in [-0.2, -0.15) is 0 Å². The summed E-state index contributed by atoms with van der Waals surface area (Å²) in [7, 11) is -3.83. The number of hydrogen-bond donors (Lipinski definition) is 3. The molecular weight excluding hydrogens is 525 g/mol. The van der Waals surface area contributed by atoms with Gasteiger partial charge in [-0.15, -0.1) is 24.0 Å². The molecule has 0 spiro atoms. The molecule has 0 fully saturated rings. The van der Waals surface area contributed by atoms with E-state index in [1.165, 1.54) is 18.2 Å². The first-order valence-electron chi connectivity index (χ1n) is 9.60. The van der Waals surface area contributed by atoms with Crippen molar-refractivity contribution in [1.29, 1.82) is 0 Å². The number of rotatable bonds is 13. The molecular formula is C18H32IN5O5S. The van der Waals surface area contributed by atoms with Gasteiger partial charge in [-0.25, -0.2) is 13.1 Å². The third-order valence-electron chi connectivity index (χ3n) is 3.56. The predicted molar refractivity (Wildman–Crippen MR) is 128 cm³/mol. The highest BCUT2D eigenvalue weighted by Gasteiger charge is 2.17. The van der Waals surface area contributed by atoms with E-state index in [-0.39, 0.29) is 41.1 Å². The Morgan fingerprint density at radius 1 is 1.27 bits per heavy atom. The van der Waals surface area contributed by atoms with Gasteiger partial charge in [0.25, 0.3) is 5.69 Å². The van der Waals surface area contributed by atoms with Gasteiger partial charge < -0.3 is 15.4 Å². The van der Waals surface area contributed by atoms with Crippen LogP contribution in [0.4, 0.5) is 5.69 Å². The van der Waals surface area contributed by atoms with E-state index in [1.54, 1.807) is 0 Å². The molecule has 0 aliphatic heterocycles. The highest BCUT2D eigenvalue weighted by molar-refractivity contribution is 14.0. The lowest BCUT2D eigenvalue weighted by molar-refractivity contribution is -0.385. The van der Waals surface area contributed by atoms with Crippen LogP contribution in [-0.2, 0) is 14.8 Å². The van der Waals surface area contributed by atoms with Crippen LogP contribution in [0.1, 0.15) is 27.2 Å². The summed E-state index contributed by atoms with van der Waals surface area (Å²) in [5, 5.41) is 16.9. The number of nitrogens with zero attached hydrogens (tertiary/aromatic N) is 2. The van der Waals surface area contributed by atoms with Crippen LogP contribution in [0.2, 0.25) is 0 Å². The van der Waals surface area contributed by atoms with Crippen LogP contribution in [0, 0.1) is 16.0 Å². The molecule has 3 N–H and O–H groups in total. The maximum atomic E-state index is 12.3. The van der Waals surface area contributed by atoms with Crippen LogP contribution in [0.3, 0.4) is 0 Å². The fourth-order valence-corrected chi connectivity index (χ4v) is 3.30. The van der Waals surface area contributed by atoms with Crippen molar-refractivity contribution >= 4 is 45.6 Å². The monoisotopic (exact) mass is 557 g/mol. The second-order valence-electron chi connectivity index (χ2n) is 6.66. The van der Waals surface area contributed by atoms with Crippen molar-refractivity contribution in [3.05, 3.63) is 34.4 Å². The molecule has 0 atom stereocenters. The zero-order chi connectivity index (χ0) is 21.7. The molecule has 0 radical (unpaired) electrons. The minimum atomic E-state index is -3.83. The Bertz CT molecular complexity index is 774. The van der Waals surface area contributed by atoms with Crippen LogP contribution in [-0.4, -0.2) is 58.7 Å². The number of nitro groups is 1. The third-order valence-corrected chi connectivity index (χ3v) is 5.02. The van der Waals surface area contributed by atoms with Gasteiger partial charge in [-0.3, -0.25) is 15.1 Å². The van der Waals surface area contributed by atoms with Crippen molar-refractivity contribution in [3.8, 4) is 0 Å². The predicted octanol–water partition coefficient (Wildman–Crippen LogP) is 2.11. The molecule has 0 unspecified atom stereocenters. The van der Waals surface area contributed by atoms with Gasteiger partial charge >= 0.3 is 0 Å². The van der Waals surface area contributed by atoms with Gasteiger partial charge in [0.1, 0.15) is 0 Å². The number of ether oxygens (including phenoxy) is 1. The van der Waals surface area contributed by atoms with E-state index >= 15 is 0 Å². The molecule has 30 heavy (non-hydrogen) atoms. The number of guanidine groups is 1. The zero-order valence-corrected chi connectivity index (χ0v) is 20.7. The number of sulfonamides is 1. The first-order valence-corrected chi connectivity index (χ1v) is 11.1. The fraction of sp³-hybridized carbons (Fsp3) is 0.611. The number of nitro benzene ring substituents is 1. The Morgan fingerprint density at radius 3 is 2.63 bits per heavy atom. The molecule has 0 aliphatic carbocycles. The molecule has 172 valence electrons. The quantitative estimate of drug-likeness (QED) is 0.0845. The molecule has 0 saturated heterocycles. The van der Waals surface area contributed by atoms with E-state index in [4.69, 9.17) is 4.74 Å². The molecule has 0 heterocycles. The van der Waals surface area contributed by atoms with Crippen LogP contribution < -0.4 is 15.4 Å². The zero-order valence-electron chi connectivity index (χ0n) is 17.6. The maximum Gasteiger partial charge on any atom is 0.270 e. The molecule has 1 aromatic rings. The molecule has 0 aromatic heterocycles. The largest absolute Gasteiger partial charge is 0.381 e. The minimum absolute atomic E-state index is 0. The maximum absolute atomic E-state index is 12.3. The Hall–Kier alpha value is -1.51. The lowest BCUT2D eigenvalue weighted by Crippen LogP contribution is -2.41. The van der Waals surface area contributed by atoms with Crippen molar-refractivity contribution in [2.45, 2.75) is 32.1 Å². The number of non-ortho nitro benzene ring substituents is 1. The van der Waals surface area contributed by atoms with E-state index in [0.717, 1.165) is 19.1 Å². The molecule has 0 saturated carbocycles. The van der Waals surface area contributed by atoms with E-state index in [1.807, 2.05) is 6.92 Å². The number of halogens is 1. The molecule has 0 bridgehead atoms. The smallest absolute Gasteiger partial charge is 0.270 e. The lowest BCUT2D eigenvalue weighted by Gasteiger charge is -2.12. The lowest BCUT2D eigenvalue weighted by atomic mass is 10.2. The van der Waals surface area contributed by atoms with E-state index in [9.17, 15) is 18.5 Å². The summed E-state index contributed by atoms with van der Waals surface area (Å²) in [6.45, 7) is 9.18. The number of nitrogens with one attached hydrogen (secondary N) is 3. The van der Waals surface area contributed by atoms with Crippen LogP contribution in [0.25, 0.3) is 0 Å². The molecule has 12 heteroatoms. The van der Waals surface area contributed by atoms with Crippen molar-refractivity contribution in [1.82, 2.24) is 15.4 Å². The summed E-state index contributed by atoms with van der Waals surface area (Å²) in [5.74, 6) is 1.09. The summed E-state index contributed by atoms with van der Waals surface area (Å²) in [6, 6.07) is 4.93. The van der Waals surface area contributed by atoms with E-state index in [2.05, 4.69) is 34.2 Å². The van der Waals surface area contributed by atoms with E-state index in [0.29, 0.717) is 38.1 Å². The molecule has 0 aliphatic rings. The molecule has 1 rings (SSSR count). The highest BCUT2D eigenvalue weighted by atomic mass is 127. The standard InChI is InChI=1S/C18H31N5O5S.HI/c1-4-19-18(20-9-6-12-28-14-15(2)3)21-10-11-22-29(26,27)17-8-5-7-16(13-17)23(24)25;/h5,7-8,13,15,22H,4,6,9-12,14H2,1-3H3,(H2,19,20,21);1H. The van der Waals surface area contributed by atoms with Gasteiger partial charge in [0.2, 0.25) is 10.0 Å². The summed E-state index contributed by atoms with van der Waals surface area (Å²) < 4.78 is 32.5. The molecule has 10 nitrogen and oxygen atoms in total. The minimum Gasteiger partial charge on any atom is -0.381 e. The Labute approximate surface area is 195 Å². The van der Waals surface area contributed by atoms with E-state index < -0.39 is 14.9 Å². The number of benzene rings is 1. The second kappa shape index (κ2) is 15.3. The Kier molecular flexibility index (Phi) is 14.5. The van der Waals surface area contributed by atoms with Crippen LogP contribution >= 0.6 is 24.0 Å². The summed E-state index contributed by atoms with van der Waals surface area (Å²) in [4.78, 5) is 14.4. The first kappa shape index (κ1) is 28.5. The second-order valence-corrected chi connectivity index (χ2v) is 8.43. The van der Waals surface area contributed by atoms with Crippen molar-refractivity contribution in [2.75, 3.05) is 39.4 Å².